The van der Waals surface area contributed by atoms with Crippen LogP contribution in [0.2, 0.25) is 0 Å². The molecular weight excluding hydrogens is 490 g/mol. The van der Waals surface area contributed by atoms with Crippen molar-refractivity contribution in [3.63, 3.8) is 0 Å². The Bertz CT molecular complexity index is 795. The number of carboxylic acid groups (broad SMARTS) is 2. The minimum absolute atomic E-state index is 0.235. The summed E-state index contributed by atoms with van der Waals surface area (Å²) in [5.41, 5.74) is 1.01. The molecule has 2 aliphatic carbocycles. The lowest BCUT2D eigenvalue weighted by Crippen LogP contribution is -2.52. The molecule has 0 amide bonds. The number of alkyl halides is 6. The Morgan fingerprint density at radius 3 is 2.11 bits per heavy atom. The zero-order valence-corrected chi connectivity index (χ0v) is 18.5. The summed E-state index contributed by atoms with van der Waals surface area (Å²) in [7, 11) is 0. The molecule has 0 radical (unpaired) electrons. The van der Waals surface area contributed by atoms with Gasteiger partial charge < -0.3 is 19.7 Å². The summed E-state index contributed by atoms with van der Waals surface area (Å²) in [6, 6.07) is 6.55. The SMILES string of the molecule is O=C(O)C(F)(F)F.O=C(O)C(F)(F)F.c1ccc(CO[C@@H]2CC[C@H]3[C@H]2OCCN3CC2CC2)nc1. The number of halogens is 6. The zero-order chi connectivity index (χ0) is 26.2. The van der Waals surface area contributed by atoms with Crippen LogP contribution in [0.1, 0.15) is 31.4 Å². The summed E-state index contributed by atoms with van der Waals surface area (Å²) < 4.78 is 75.6. The molecule has 8 nitrogen and oxygen atoms in total. The summed E-state index contributed by atoms with van der Waals surface area (Å²) in [4.78, 5) is 24.8. The summed E-state index contributed by atoms with van der Waals surface area (Å²) in [5, 5.41) is 14.2. The van der Waals surface area contributed by atoms with E-state index in [-0.39, 0.29) is 12.2 Å². The maximum absolute atomic E-state index is 10.6. The number of hydrogen-bond donors (Lipinski definition) is 2. The minimum atomic E-state index is -5.08. The largest absolute Gasteiger partial charge is 0.490 e. The fourth-order valence-electron chi connectivity index (χ4n) is 3.70. The van der Waals surface area contributed by atoms with Gasteiger partial charge in [-0.1, -0.05) is 6.07 Å². The third-order valence-corrected chi connectivity index (χ3v) is 5.50. The van der Waals surface area contributed by atoms with Gasteiger partial charge in [0.05, 0.1) is 31.1 Å². The smallest absolute Gasteiger partial charge is 0.475 e. The van der Waals surface area contributed by atoms with Gasteiger partial charge in [-0.15, -0.1) is 0 Å². The lowest BCUT2D eigenvalue weighted by molar-refractivity contribution is -0.193. The molecule has 3 aliphatic rings. The van der Waals surface area contributed by atoms with E-state index in [0.717, 1.165) is 31.2 Å². The van der Waals surface area contributed by atoms with E-state index in [9.17, 15) is 26.3 Å². The Hall–Kier alpha value is -2.45. The molecule has 198 valence electrons. The van der Waals surface area contributed by atoms with Gasteiger partial charge in [-0.2, -0.15) is 26.3 Å². The van der Waals surface area contributed by atoms with Crippen LogP contribution in [0.25, 0.3) is 0 Å². The van der Waals surface area contributed by atoms with Gasteiger partial charge in [0.1, 0.15) is 0 Å². The Kier molecular flexibility index (Phi) is 10.3. The Labute approximate surface area is 196 Å². The number of carbonyl (C=O) groups is 2. The first-order valence-corrected chi connectivity index (χ1v) is 10.8. The van der Waals surface area contributed by atoms with Crippen LogP contribution in [0.4, 0.5) is 26.3 Å². The van der Waals surface area contributed by atoms with Crippen LogP contribution in [0.15, 0.2) is 24.4 Å². The van der Waals surface area contributed by atoms with Crippen molar-refractivity contribution in [2.45, 2.75) is 62.9 Å². The van der Waals surface area contributed by atoms with Crippen molar-refractivity contribution in [2.24, 2.45) is 5.92 Å². The highest BCUT2D eigenvalue weighted by atomic mass is 19.4. The second kappa shape index (κ2) is 12.5. The molecule has 0 spiro atoms. The maximum atomic E-state index is 10.6. The van der Waals surface area contributed by atoms with Gasteiger partial charge >= 0.3 is 24.3 Å². The predicted molar refractivity (Wildman–Crippen MR) is 107 cm³/mol. The number of fused-ring (bicyclic) bond motifs is 1. The van der Waals surface area contributed by atoms with Gasteiger partial charge in [-0.25, -0.2) is 9.59 Å². The quantitative estimate of drug-likeness (QED) is 0.573. The lowest BCUT2D eigenvalue weighted by Gasteiger charge is -2.39. The number of nitrogens with zero attached hydrogens (tertiary/aromatic N) is 2. The monoisotopic (exact) mass is 516 g/mol. The fraction of sp³-hybridized carbons (Fsp3) is 0.667. The van der Waals surface area contributed by atoms with Crippen LogP contribution in [0.3, 0.4) is 0 Å². The zero-order valence-electron chi connectivity index (χ0n) is 18.5. The first-order valence-electron chi connectivity index (χ1n) is 10.8. The number of hydrogen-bond acceptors (Lipinski definition) is 6. The van der Waals surface area contributed by atoms with Crippen molar-refractivity contribution < 1.29 is 55.6 Å². The first-order chi connectivity index (χ1) is 16.3. The Balaban J connectivity index is 0.000000257. The number of carboxylic acids is 2. The average molecular weight is 516 g/mol. The second-order valence-corrected chi connectivity index (χ2v) is 8.19. The summed E-state index contributed by atoms with van der Waals surface area (Å²) in [5.74, 6) is -4.56. The summed E-state index contributed by atoms with van der Waals surface area (Å²) >= 11 is 0. The van der Waals surface area contributed by atoms with Crippen LogP contribution in [0.5, 0.6) is 0 Å². The van der Waals surface area contributed by atoms with Crippen molar-refractivity contribution in [2.75, 3.05) is 19.7 Å². The van der Waals surface area contributed by atoms with E-state index in [1.54, 1.807) is 0 Å². The van der Waals surface area contributed by atoms with E-state index in [4.69, 9.17) is 29.3 Å². The molecule has 1 aromatic heterocycles. The highest BCUT2D eigenvalue weighted by molar-refractivity contribution is 5.73. The third kappa shape index (κ3) is 9.98. The van der Waals surface area contributed by atoms with E-state index in [2.05, 4.69) is 9.88 Å². The van der Waals surface area contributed by atoms with Crippen LogP contribution in [-0.4, -0.2) is 82.3 Å². The predicted octanol–water partition coefficient (Wildman–Crippen LogP) is 3.51. The first kappa shape index (κ1) is 28.8. The topological polar surface area (TPSA) is 109 Å². The van der Waals surface area contributed by atoms with Crippen LogP contribution >= 0.6 is 0 Å². The Morgan fingerprint density at radius 2 is 1.63 bits per heavy atom. The molecule has 1 aliphatic heterocycles. The van der Waals surface area contributed by atoms with Crippen LogP contribution < -0.4 is 0 Å². The molecule has 2 saturated carbocycles. The number of pyridine rings is 1. The third-order valence-electron chi connectivity index (χ3n) is 5.50. The van der Waals surface area contributed by atoms with E-state index >= 15 is 0 Å². The van der Waals surface area contributed by atoms with E-state index in [1.165, 1.54) is 25.8 Å². The van der Waals surface area contributed by atoms with Crippen molar-refractivity contribution in [3.8, 4) is 0 Å². The molecule has 0 unspecified atom stereocenters. The molecule has 0 bridgehead atoms. The van der Waals surface area contributed by atoms with E-state index in [0.29, 0.717) is 12.6 Å². The van der Waals surface area contributed by atoms with Gasteiger partial charge in [0, 0.05) is 25.3 Å². The molecule has 4 rings (SSSR count). The molecule has 14 heteroatoms. The number of rotatable bonds is 5. The molecular formula is C21H26F6N2O6. The minimum Gasteiger partial charge on any atom is -0.475 e. The van der Waals surface area contributed by atoms with Gasteiger partial charge in [0.25, 0.3) is 0 Å². The molecule has 2 heterocycles. The number of morpholine rings is 1. The number of aromatic nitrogens is 1. The molecule has 3 fully saturated rings. The van der Waals surface area contributed by atoms with Crippen LogP contribution in [-0.2, 0) is 25.7 Å². The van der Waals surface area contributed by atoms with Crippen molar-refractivity contribution >= 4 is 11.9 Å². The summed E-state index contributed by atoms with van der Waals surface area (Å²) in [6.07, 6.45) is -2.67. The number of aliphatic carboxylic acids is 2. The van der Waals surface area contributed by atoms with Crippen molar-refractivity contribution in [1.29, 1.82) is 0 Å². The Morgan fingerprint density at radius 1 is 1.03 bits per heavy atom. The average Bonchev–Trinajstić information content (AvgIpc) is 3.49. The lowest BCUT2D eigenvalue weighted by atomic mass is 10.1. The molecule has 1 saturated heterocycles. The summed E-state index contributed by atoms with van der Waals surface area (Å²) in [6.45, 7) is 3.83. The normalized spacial score (nSPS) is 24.3. The van der Waals surface area contributed by atoms with E-state index in [1.807, 2.05) is 24.4 Å². The van der Waals surface area contributed by atoms with Gasteiger partial charge in [-0.05, 0) is 43.7 Å². The fourth-order valence-corrected chi connectivity index (χ4v) is 3.70. The van der Waals surface area contributed by atoms with Crippen molar-refractivity contribution in [1.82, 2.24) is 9.88 Å². The molecule has 35 heavy (non-hydrogen) atoms. The highest BCUT2D eigenvalue weighted by Crippen LogP contribution is 2.36. The highest BCUT2D eigenvalue weighted by Gasteiger charge is 2.44. The second-order valence-electron chi connectivity index (χ2n) is 8.19. The molecule has 3 atom stereocenters. The van der Waals surface area contributed by atoms with Crippen molar-refractivity contribution in [3.05, 3.63) is 30.1 Å². The number of ether oxygens (including phenoxy) is 2. The standard InChI is InChI=1S/C17H24N2O2.2C2HF3O2/c1-2-8-18-14(3-1)12-21-16-7-6-15-17(16)20-10-9-19(15)11-13-4-5-13;2*3-2(4,5)1(6)7/h1-3,8,13,15-17H,4-7,9-12H2;2*(H,6,7)/t15-,16+,17+;;/m0../s1. The molecule has 1 aromatic rings. The van der Waals surface area contributed by atoms with E-state index < -0.39 is 24.3 Å². The van der Waals surface area contributed by atoms with Gasteiger partial charge in [-0.3, -0.25) is 9.88 Å². The van der Waals surface area contributed by atoms with Gasteiger partial charge in [0.15, 0.2) is 0 Å². The molecule has 0 aromatic carbocycles. The molecule has 2 N–H and O–H groups in total. The van der Waals surface area contributed by atoms with Crippen LogP contribution in [0, 0.1) is 5.92 Å². The van der Waals surface area contributed by atoms with Gasteiger partial charge in [0.2, 0.25) is 0 Å². The maximum Gasteiger partial charge on any atom is 0.490 e.